The van der Waals surface area contributed by atoms with Gasteiger partial charge in [-0.1, -0.05) is 141 Å². The number of hydrogen-bond donors (Lipinski definition) is 2. The number of carbonyl (C=O) groups excluding carboxylic acids is 2. The lowest BCUT2D eigenvalue weighted by Gasteiger charge is -2.38. The van der Waals surface area contributed by atoms with Crippen LogP contribution in [0.25, 0.3) is 0 Å². The number of allylic oxidation sites excluding steroid dienone is 4. The highest BCUT2D eigenvalue weighted by Gasteiger charge is 2.11. The SMILES string of the molecule is CCCCCCCC/C=C/CCCCCCCC(=O)NCCC[N+](C)([O-])CCCNC(=O)CCCCCCC/C=C/CCCCCCCC. The summed E-state index contributed by atoms with van der Waals surface area (Å²) in [6.07, 6.45) is 44.6. The van der Waals surface area contributed by atoms with Crippen molar-refractivity contribution in [3.63, 3.8) is 0 Å². The van der Waals surface area contributed by atoms with Gasteiger partial charge in [-0.2, -0.15) is 0 Å². The van der Waals surface area contributed by atoms with Crippen LogP contribution in [0.5, 0.6) is 0 Å². The second kappa shape index (κ2) is 37.6. The molecule has 0 fully saturated rings. The minimum Gasteiger partial charge on any atom is -0.633 e. The number of hydrogen-bond acceptors (Lipinski definition) is 3. The molecule has 2 N–H and O–H groups in total. The third-order valence-corrected chi connectivity index (χ3v) is 9.59. The molecule has 6 nitrogen and oxygen atoms in total. The second-order valence-corrected chi connectivity index (χ2v) is 14.8. The Morgan fingerprint density at radius 1 is 0.449 bits per heavy atom. The summed E-state index contributed by atoms with van der Waals surface area (Å²) in [6.45, 7) is 6.62. The third-order valence-electron chi connectivity index (χ3n) is 9.59. The van der Waals surface area contributed by atoms with E-state index < -0.39 is 0 Å². The highest BCUT2D eigenvalue weighted by atomic mass is 16.5. The Labute approximate surface area is 305 Å². The van der Waals surface area contributed by atoms with E-state index in [-0.39, 0.29) is 16.5 Å². The van der Waals surface area contributed by atoms with Crippen molar-refractivity contribution in [3.05, 3.63) is 29.5 Å². The standard InChI is InChI=1S/C43H83N3O3/c1-4-6-8-10-12-14-16-18-20-22-24-26-28-30-32-36-42(47)44-38-34-40-46(3,49)41-35-39-45-43(48)37-33-31-29-27-25-23-21-19-17-15-13-11-9-7-5-2/h18-21H,4-17,22-41H2,1-3H3,(H,44,47)(H,45,48)/b20-18+,21-19+. The van der Waals surface area contributed by atoms with Crippen molar-refractivity contribution < 1.29 is 14.2 Å². The molecular formula is C43H83N3O3. The van der Waals surface area contributed by atoms with Crippen LogP contribution >= 0.6 is 0 Å². The zero-order valence-electron chi connectivity index (χ0n) is 33.0. The van der Waals surface area contributed by atoms with Crippen LogP contribution in [-0.4, -0.2) is 49.7 Å². The molecule has 0 rings (SSSR count). The van der Waals surface area contributed by atoms with E-state index in [9.17, 15) is 14.8 Å². The Balaban J connectivity index is 3.52. The number of amides is 2. The molecule has 49 heavy (non-hydrogen) atoms. The van der Waals surface area contributed by atoms with Gasteiger partial charge in [-0.25, -0.2) is 0 Å². The van der Waals surface area contributed by atoms with Crippen LogP contribution in [0.1, 0.15) is 206 Å². The Morgan fingerprint density at radius 3 is 1.06 bits per heavy atom. The fourth-order valence-corrected chi connectivity index (χ4v) is 6.28. The quantitative estimate of drug-likeness (QED) is 0.0293. The van der Waals surface area contributed by atoms with Crippen molar-refractivity contribution >= 4 is 11.8 Å². The predicted molar refractivity (Wildman–Crippen MR) is 213 cm³/mol. The topological polar surface area (TPSA) is 81.3 Å². The summed E-state index contributed by atoms with van der Waals surface area (Å²) in [7, 11) is 1.69. The van der Waals surface area contributed by atoms with Gasteiger partial charge in [0.25, 0.3) is 0 Å². The maximum atomic E-state index is 12.8. The van der Waals surface area contributed by atoms with Crippen LogP contribution in [0.4, 0.5) is 0 Å². The average Bonchev–Trinajstić information content (AvgIpc) is 3.08. The molecule has 0 aliphatic heterocycles. The lowest BCUT2D eigenvalue weighted by Crippen LogP contribution is -2.42. The van der Waals surface area contributed by atoms with Crippen molar-refractivity contribution in [2.75, 3.05) is 33.2 Å². The predicted octanol–water partition coefficient (Wildman–Crippen LogP) is 12.0. The molecule has 0 spiro atoms. The molecule has 0 aromatic heterocycles. The number of rotatable bonds is 38. The molecular weight excluding hydrogens is 606 g/mol. The first-order valence-corrected chi connectivity index (χ1v) is 21.3. The molecule has 2 amide bonds. The van der Waals surface area contributed by atoms with E-state index in [1.54, 1.807) is 7.05 Å². The number of quaternary nitrogens is 1. The van der Waals surface area contributed by atoms with Crippen molar-refractivity contribution in [2.45, 2.75) is 206 Å². The largest absolute Gasteiger partial charge is 0.633 e. The molecule has 0 radical (unpaired) electrons. The zero-order valence-corrected chi connectivity index (χ0v) is 33.0. The van der Waals surface area contributed by atoms with E-state index in [2.05, 4.69) is 48.8 Å². The van der Waals surface area contributed by atoms with Crippen LogP contribution in [0, 0.1) is 5.21 Å². The Kier molecular flexibility index (Phi) is 36.3. The number of nitrogens with zero attached hydrogens (tertiary/aromatic N) is 1. The minimum absolute atomic E-state index is 0.103. The summed E-state index contributed by atoms with van der Waals surface area (Å²) in [5.41, 5.74) is 0. The van der Waals surface area contributed by atoms with Crippen molar-refractivity contribution in [1.29, 1.82) is 0 Å². The molecule has 0 aliphatic carbocycles. The summed E-state index contributed by atoms with van der Waals surface area (Å²) in [6, 6.07) is 0. The third kappa shape index (κ3) is 39.0. The van der Waals surface area contributed by atoms with Gasteiger partial charge in [0, 0.05) is 38.8 Å². The first-order chi connectivity index (χ1) is 23.9. The van der Waals surface area contributed by atoms with E-state index in [1.807, 2.05) is 0 Å². The molecule has 0 bridgehead atoms. The zero-order chi connectivity index (χ0) is 35.9. The summed E-state index contributed by atoms with van der Waals surface area (Å²) in [5.74, 6) is 0.207. The van der Waals surface area contributed by atoms with Gasteiger partial charge in [-0.3, -0.25) is 9.59 Å². The van der Waals surface area contributed by atoms with Crippen LogP contribution in [0.15, 0.2) is 24.3 Å². The molecule has 0 saturated carbocycles. The van der Waals surface area contributed by atoms with Crippen molar-refractivity contribution in [2.24, 2.45) is 0 Å². The fraction of sp³-hybridized carbons (Fsp3) is 0.860. The van der Waals surface area contributed by atoms with Gasteiger partial charge in [0.15, 0.2) is 0 Å². The molecule has 0 aliphatic rings. The molecule has 0 atom stereocenters. The molecule has 0 aromatic carbocycles. The van der Waals surface area contributed by atoms with Crippen molar-refractivity contribution in [1.82, 2.24) is 10.6 Å². The Hall–Kier alpha value is -1.66. The smallest absolute Gasteiger partial charge is 0.219 e. The summed E-state index contributed by atoms with van der Waals surface area (Å²) >= 11 is 0. The van der Waals surface area contributed by atoms with Crippen LogP contribution in [0.3, 0.4) is 0 Å². The van der Waals surface area contributed by atoms with Gasteiger partial charge in [-0.15, -0.1) is 0 Å². The summed E-state index contributed by atoms with van der Waals surface area (Å²) in [5, 5.41) is 18.7. The highest BCUT2D eigenvalue weighted by molar-refractivity contribution is 5.76. The van der Waals surface area contributed by atoms with E-state index in [0.717, 1.165) is 25.7 Å². The first-order valence-electron chi connectivity index (χ1n) is 21.3. The Bertz CT molecular complexity index is 718. The van der Waals surface area contributed by atoms with Crippen LogP contribution in [-0.2, 0) is 9.59 Å². The van der Waals surface area contributed by atoms with E-state index in [1.165, 1.54) is 141 Å². The fourth-order valence-electron chi connectivity index (χ4n) is 6.28. The van der Waals surface area contributed by atoms with Gasteiger partial charge < -0.3 is 20.5 Å². The van der Waals surface area contributed by atoms with Gasteiger partial charge in [0.1, 0.15) is 0 Å². The minimum atomic E-state index is -0.325. The molecule has 0 saturated heterocycles. The first kappa shape index (κ1) is 47.3. The van der Waals surface area contributed by atoms with Gasteiger partial charge >= 0.3 is 0 Å². The normalized spacial score (nSPS) is 12.0. The summed E-state index contributed by atoms with van der Waals surface area (Å²) < 4.78 is -0.325. The van der Waals surface area contributed by atoms with Gasteiger partial charge in [0.2, 0.25) is 11.8 Å². The van der Waals surface area contributed by atoms with Crippen molar-refractivity contribution in [3.8, 4) is 0 Å². The lowest BCUT2D eigenvalue weighted by atomic mass is 10.1. The lowest BCUT2D eigenvalue weighted by molar-refractivity contribution is -0.860. The van der Waals surface area contributed by atoms with Gasteiger partial charge in [-0.05, 0) is 64.2 Å². The van der Waals surface area contributed by atoms with E-state index in [4.69, 9.17) is 0 Å². The van der Waals surface area contributed by atoms with Gasteiger partial charge in [0.05, 0.1) is 20.1 Å². The number of unbranched alkanes of at least 4 members (excludes halogenated alkanes) is 22. The average molecular weight is 690 g/mol. The molecule has 6 heteroatoms. The molecule has 288 valence electrons. The number of nitrogens with one attached hydrogen (secondary N) is 2. The number of hydroxylamine groups is 3. The van der Waals surface area contributed by atoms with Crippen LogP contribution < -0.4 is 10.6 Å². The van der Waals surface area contributed by atoms with Crippen LogP contribution in [0.2, 0.25) is 0 Å². The maximum Gasteiger partial charge on any atom is 0.219 e. The maximum absolute atomic E-state index is 12.8. The second-order valence-electron chi connectivity index (χ2n) is 14.8. The number of carbonyl (C=O) groups is 2. The monoisotopic (exact) mass is 690 g/mol. The summed E-state index contributed by atoms with van der Waals surface area (Å²) in [4.78, 5) is 24.3. The highest BCUT2D eigenvalue weighted by Crippen LogP contribution is 2.12. The Morgan fingerprint density at radius 2 is 0.735 bits per heavy atom. The van der Waals surface area contributed by atoms with E-state index in [0.29, 0.717) is 51.9 Å². The molecule has 0 heterocycles. The molecule has 0 aromatic rings. The van der Waals surface area contributed by atoms with E-state index >= 15 is 0 Å². The molecule has 0 unspecified atom stereocenters.